The largest absolute Gasteiger partial charge is 0.496 e. The molecule has 1 saturated heterocycles. The molecular weight excluding hydrogens is 328 g/mol. The number of methoxy groups -OCH3 is 1. The molecule has 2 heterocycles. The van der Waals surface area contributed by atoms with Crippen molar-refractivity contribution in [1.29, 1.82) is 5.26 Å². The molecule has 0 aliphatic carbocycles. The number of hydrogen-bond acceptors (Lipinski definition) is 10. The van der Waals surface area contributed by atoms with Crippen LogP contribution >= 0.6 is 0 Å². The number of nitrogens with zero attached hydrogens (tertiary/aromatic N) is 2. The van der Waals surface area contributed by atoms with E-state index in [1.54, 1.807) is 6.07 Å². The summed E-state index contributed by atoms with van der Waals surface area (Å²) >= 11 is 0. The maximum Gasteiger partial charge on any atom is 0.258 e. The Morgan fingerprint density at radius 1 is 1.25 bits per heavy atom. The monoisotopic (exact) mass is 346 g/mol. The molecule has 0 unspecified atom stereocenters. The Morgan fingerprint density at radius 2 is 1.88 bits per heavy atom. The van der Waals surface area contributed by atoms with E-state index in [0.29, 0.717) is 0 Å². The van der Waals surface area contributed by atoms with E-state index in [1.807, 2.05) is 0 Å². The molecular formula is C13H18N2O9. The SMILES string of the molecule is COC1=CC(=O)N(C)[C@H](O)[C@]1(C#N)O[C@@H]1O[C@H](O)[C@@H](O)[C@H](O)[C@H]1O. The smallest absolute Gasteiger partial charge is 0.258 e. The third-order valence-electron chi connectivity index (χ3n) is 3.93. The number of rotatable bonds is 3. The van der Waals surface area contributed by atoms with Crippen molar-refractivity contribution in [1.82, 2.24) is 4.90 Å². The molecule has 0 aromatic heterocycles. The summed E-state index contributed by atoms with van der Waals surface area (Å²) in [5.74, 6) is -1.01. The van der Waals surface area contributed by atoms with Crippen LogP contribution in [0.25, 0.3) is 0 Å². The van der Waals surface area contributed by atoms with Crippen molar-refractivity contribution in [2.45, 2.75) is 42.7 Å². The maximum atomic E-state index is 11.7. The van der Waals surface area contributed by atoms with Crippen molar-refractivity contribution in [3.63, 3.8) is 0 Å². The van der Waals surface area contributed by atoms with Gasteiger partial charge in [-0.15, -0.1) is 0 Å². The third kappa shape index (κ3) is 2.74. The summed E-state index contributed by atoms with van der Waals surface area (Å²) in [4.78, 5) is 12.5. The average Bonchev–Trinajstić information content (AvgIpc) is 2.57. The van der Waals surface area contributed by atoms with Crippen LogP contribution in [0.5, 0.6) is 0 Å². The molecule has 1 fully saturated rings. The lowest BCUT2D eigenvalue weighted by atomic mass is 9.94. The standard InChI is InChI=1S/C13H18N2O9/c1-15-6(16)3-5(22-2)13(4-14,12(15)21)24-11-9(19)7(17)8(18)10(20)23-11/h3,7-12,17-21H,1-2H3/t7-,8-,9+,10-,11-,12+,13+/m0/s1. The Morgan fingerprint density at radius 3 is 2.42 bits per heavy atom. The van der Waals surface area contributed by atoms with Gasteiger partial charge in [-0.1, -0.05) is 0 Å². The summed E-state index contributed by atoms with van der Waals surface area (Å²) in [6, 6.07) is 1.65. The van der Waals surface area contributed by atoms with Gasteiger partial charge in [0.05, 0.1) is 7.11 Å². The number of carbonyl (C=O) groups is 1. The highest BCUT2D eigenvalue weighted by Gasteiger charge is 2.56. The predicted molar refractivity (Wildman–Crippen MR) is 72.2 cm³/mol. The Bertz CT molecular complexity index is 576. The lowest BCUT2D eigenvalue weighted by Gasteiger charge is -2.45. The molecule has 0 bridgehead atoms. The molecule has 2 rings (SSSR count). The first-order valence-corrected chi connectivity index (χ1v) is 6.87. The Hall–Kier alpha value is -1.78. The van der Waals surface area contributed by atoms with E-state index in [2.05, 4.69) is 0 Å². The Kier molecular flexibility index (Phi) is 5.11. The van der Waals surface area contributed by atoms with E-state index in [4.69, 9.17) is 14.2 Å². The number of carbonyl (C=O) groups excluding carboxylic acids is 1. The van der Waals surface area contributed by atoms with Crippen LogP contribution in [0, 0.1) is 11.3 Å². The fourth-order valence-corrected chi connectivity index (χ4v) is 2.42. The second-order valence-electron chi connectivity index (χ2n) is 5.37. The van der Waals surface area contributed by atoms with Gasteiger partial charge in [0.2, 0.25) is 0 Å². The number of amides is 1. The van der Waals surface area contributed by atoms with Crippen molar-refractivity contribution >= 4 is 5.91 Å². The zero-order valence-corrected chi connectivity index (χ0v) is 12.8. The van der Waals surface area contributed by atoms with Gasteiger partial charge in [-0.05, 0) is 0 Å². The lowest BCUT2D eigenvalue weighted by molar-refractivity contribution is -0.362. The molecule has 0 radical (unpaired) electrons. The highest BCUT2D eigenvalue weighted by Crippen LogP contribution is 2.35. The zero-order chi connectivity index (χ0) is 18.2. The normalized spacial score (nSPS) is 43.2. The second-order valence-corrected chi connectivity index (χ2v) is 5.37. The summed E-state index contributed by atoms with van der Waals surface area (Å²) in [7, 11) is 2.34. The summed E-state index contributed by atoms with van der Waals surface area (Å²) < 4.78 is 15.1. The van der Waals surface area contributed by atoms with Gasteiger partial charge >= 0.3 is 0 Å². The maximum absolute atomic E-state index is 11.7. The van der Waals surface area contributed by atoms with Crippen molar-refractivity contribution in [3.8, 4) is 6.07 Å². The molecule has 11 heteroatoms. The molecule has 0 saturated carbocycles. The summed E-state index contributed by atoms with van der Waals surface area (Å²) in [6.07, 6.45) is -10.1. The third-order valence-corrected chi connectivity index (χ3v) is 3.93. The second kappa shape index (κ2) is 6.61. The van der Waals surface area contributed by atoms with E-state index in [-0.39, 0.29) is 5.76 Å². The van der Waals surface area contributed by atoms with Gasteiger partial charge in [-0.2, -0.15) is 5.26 Å². The molecule has 1 amide bonds. The number of ether oxygens (including phenoxy) is 3. The zero-order valence-electron chi connectivity index (χ0n) is 12.8. The van der Waals surface area contributed by atoms with Gasteiger partial charge in [0.1, 0.15) is 24.4 Å². The summed E-state index contributed by atoms with van der Waals surface area (Å²) in [5.41, 5.74) is -2.29. The molecule has 11 nitrogen and oxygen atoms in total. The van der Waals surface area contributed by atoms with Gasteiger partial charge in [0.25, 0.3) is 11.5 Å². The first-order valence-electron chi connectivity index (χ1n) is 6.87. The Labute approximate surface area is 136 Å². The molecule has 2 aliphatic heterocycles. The summed E-state index contributed by atoms with van der Waals surface area (Å²) in [5, 5.41) is 58.4. The molecule has 24 heavy (non-hydrogen) atoms. The van der Waals surface area contributed by atoms with E-state index < -0.39 is 48.6 Å². The van der Waals surface area contributed by atoms with Crippen molar-refractivity contribution in [2.75, 3.05) is 14.2 Å². The van der Waals surface area contributed by atoms with Gasteiger partial charge < -0.3 is 44.6 Å². The average molecular weight is 346 g/mol. The molecule has 0 aromatic carbocycles. The van der Waals surface area contributed by atoms with E-state index >= 15 is 0 Å². The molecule has 5 N–H and O–H groups in total. The quantitative estimate of drug-likeness (QED) is 0.343. The van der Waals surface area contributed by atoms with Gasteiger partial charge in [-0.25, -0.2) is 0 Å². The molecule has 7 atom stereocenters. The molecule has 134 valence electrons. The van der Waals surface area contributed by atoms with Crippen LogP contribution < -0.4 is 0 Å². The van der Waals surface area contributed by atoms with Gasteiger partial charge in [0.15, 0.2) is 24.6 Å². The minimum absolute atomic E-state index is 0.355. The van der Waals surface area contributed by atoms with Crippen LogP contribution in [0.3, 0.4) is 0 Å². The number of hydrogen-bond donors (Lipinski definition) is 5. The van der Waals surface area contributed by atoms with E-state index in [0.717, 1.165) is 18.1 Å². The fraction of sp³-hybridized carbons (Fsp3) is 0.692. The number of nitriles is 1. The molecule has 2 aliphatic rings. The highest BCUT2D eigenvalue weighted by atomic mass is 16.8. The van der Waals surface area contributed by atoms with Crippen molar-refractivity contribution < 1.29 is 44.5 Å². The van der Waals surface area contributed by atoms with Crippen LogP contribution in [0.1, 0.15) is 0 Å². The van der Waals surface area contributed by atoms with Crippen LogP contribution in [0.4, 0.5) is 0 Å². The highest BCUT2D eigenvalue weighted by molar-refractivity contribution is 5.90. The fourth-order valence-electron chi connectivity index (χ4n) is 2.42. The number of likely N-dealkylation sites (N-methyl/N-ethyl adjacent to an activating group) is 1. The van der Waals surface area contributed by atoms with Gasteiger partial charge in [-0.3, -0.25) is 4.79 Å². The van der Waals surface area contributed by atoms with E-state index in [1.165, 1.54) is 7.05 Å². The van der Waals surface area contributed by atoms with E-state index in [9.17, 15) is 35.6 Å². The predicted octanol–water partition coefficient (Wildman–Crippen LogP) is -3.66. The first-order chi connectivity index (χ1) is 11.2. The summed E-state index contributed by atoms with van der Waals surface area (Å²) in [6.45, 7) is 0. The lowest BCUT2D eigenvalue weighted by Crippen LogP contribution is -2.64. The molecule has 0 aromatic rings. The number of aliphatic hydroxyl groups excluding tert-OH is 5. The van der Waals surface area contributed by atoms with Crippen LogP contribution in [-0.2, 0) is 19.0 Å². The minimum atomic E-state index is -2.29. The Balaban J connectivity index is 2.38. The van der Waals surface area contributed by atoms with Crippen LogP contribution in [0.15, 0.2) is 11.8 Å². The van der Waals surface area contributed by atoms with Crippen LogP contribution in [0.2, 0.25) is 0 Å². The van der Waals surface area contributed by atoms with Crippen molar-refractivity contribution in [2.24, 2.45) is 0 Å². The molecule has 0 spiro atoms. The van der Waals surface area contributed by atoms with Crippen LogP contribution in [-0.4, -0.2) is 93.2 Å². The minimum Gasteiger partial charge on any atom is -0.496 e. The van der Waals surface area contributed by atoms with Crippen molar-refractivity contribution in [3.05, 3.63) is 11.8 Å². The number of aliphatic hydroxyl groups is 5. The first kappa shape index (κ1) is 18.6. The van der Waals surface area contributed by atoms with Gasteiger partial charge in [0, 0.05) is 13.1 Å². The topological polar surface area (TPSA) is 173 Å².